The molecule has 0 spiro atoms. The Kier molecular flexibility index (Phi) is 5.41. The second-order valence-electron chi connectivity index (χ2n) is 5.91. The molecule has 0 saturated carbocycles. The number of hydrogen-bond donors (Lipinski definition) is 1. The molecule has 1 atom stereocenters. The summed E-state index contributed by atoms with van der Waals surface area (Å²) in [5.41, 5.74) is -1.59. The van der Waals surface area contributed by atoms with E-state index in [2.05, 4.69) is 30.4 Å². The minimum Gasteiger partial charge on any atom is -0.342 e. The van der Waals surface area contributed by atoms with E-state index in [9.17, 15) is 31.1 Å². The van der Waals surface area contributed by atoms with Gasteiger partial charge in [0.1, 0.15) is 0 Å². The molecule has 1 N–H and O–H groups in total. The van der Waals surface area contributed by atoms with Crippen molar-refractivity contribution in [3.63, 3.8) is 0 Å². The third-order valence-electron chi connectivity index (χ3n) is 3.69. The first kappa shape index (κ1) is 21.1. The third kappa shape index (κ3) is 4.52. The van der Waals surface area contributed by atoms with Gasteiger partial charge >= 0.3 is 12.4 Å². The SMILES string of the molecule is C[C@H](NC(=O)c1cncc(C(F)(F)F)c1)c1nc(C(F)(F)F)nn1-c1ncccn1. The van der Waals surface area contributed by atoms with E-state index >= 15 is 0 Å². The fraction of sp³-hybridized carbons (Fsp3) is 0.250. The molecule has 1 amide bonds. The van der Waals surface area contributed by atoms with Crippen molar-refractivity contribution in [3.8, 4) is 5.95 Å². The molecule has 3 aromatic rings. The first-order valence-corrected chi connectivity index (χ1v) is 8.11. The Labute approximate surface area is 164 Å². The van der Waals surface area contributed by atoms with Gasteiger partial charge in [-0.2, -0.15) is 31.0 Å². The van der Waals surface area contributed by atoms with Crippen molar-refractivity contribution >= 4 is 5.91 Å². The molecule has 0 saturated heterocycles. The fourth-order valence-corrected chi connectivity index (χ4v) is 2.34. The van der Waals surface area contributed by atoms with Gasteiger partial charge in [0.15, 0.2) is 5.82 Å². The fourth-order valence-electron chi connectivity index (χ4n) is 2.34. The molecular weight excluding hydrogens is 420 g/mol. The van der Waals surface area contributed by atoms with Gasteiger partial charge in [0.2, 0.25) is 0 Å². The molecule has 3 rings (SSSR count). The first-order valence-electron chi connectivity index (χ1n) is 8.11. The van der Waals surface area contributed by atoms with Gasteiger partial charge in [-0.15, -0.1) is 5.10 Å². The Morgan fingerprint density at radius 3 is 2.33 bits per heavy atom. The highest BCUT2D eigenvalue weighted by molar-refractivity contribution is 5.94. The van der Waals surface area contributed by atoms with E-state index in [4.69, 9.17) is 0 Å². The van der Waals surface area contributed by atoms with Crippen molar-refractivity contribution in [3.05, 3.63) is 59.7 Å². The predicted octanol–water partition coefficient (Wildman–Crippen LogP) is 2.98. The van der Waals surface area contributed by atoms with Crippen LogP contribution in [0, 0.1) is 0 Å². The first-order chi connectivity index (χ1) is 14.0. The maximum atomic E-state index is 13.1. The van der Waals surface area contributed by atoms with Gasteiger partial charge in [-0.05, 0) is 19.1 Å². The topological polar surface area (TPSA) is 98.5 Å². The average Bonchev–Trinajstić information content (AvgIpc) is 3.14. The molecule has 0 aromatic carbocycles. The van der Waals surface area contributed by atoms with Crippen LogP contribution in [0.15, 0.2) is 36.9 Å². The molecule has 0 aliphatic rings. The number of carbonyl (C=O) groups excluding carboxylic acids is 1. The molecule has 0 bridgehead atoms. The Balaban J connectivity index is 1.92. The average molecular weight is 431 g/mol. The van der Waals surface area contributed by atoms with E-state index in [0.29, 0.717) is 16.9 Å². The molecule has 0 unspecified atom stereocenters. The summed E-state index contributed by atoms with van der Waals surface area (Å²) in [6.07, 6.45) is -5.65. The van der Waals surface area contributed by atoms with Crippen LogP contribution in [0.1, 0.15) is 40.5 Å². The van der Waals surface area contributed by atoms with Gasteiger partial charge in [-0.3, -0.25) is 9.78 Å². The zero-order valence-corrected chi connectivity index (χ0v) is 14.9. The number of carbonyl (C=O) groups is 1. The van der Waals surface area contributed by atoms with Crippen molar-refractivity contribution in [2.75, 3.05) is 0 Å². The van der Waals surface area contributed by atoms with E-state index in [1.165, 1.54) is 25.4 Å². The summed E-state index contributed by atoms with van der Waals surface area (Å²) in [6.45, 7) is 1.28. The highest BCUT2D eigenvalue weighted by Crippen LogP contribution is 2.30. The van der Waals surface area contributed by atoms with Crippen LogP contribution >= 0.6 is 0 Å². The molecule has 0 aliphatic carbocycles. The lowest BCUT2D eigenvalue weighted by atomic mass is 10.2. The molecule has 3 aromatic heterocycles. The zero-order valence-electron chi connectivity index (χ0n) is 14.9. The van der Waals surface area contributed by atoms with E-state index in [1.54, 1.807) is 0 Å². The van der Waals surface area contributed by atoms with Crippen molar-refractivity contribution in [1.29, 1.82) is 0 Å². The minimum atomic E-state index is -4.89. The maximum absolute atomic E-state index is 13.1. The number of pyridine rings is 1. The summed E-state index contributed by atoms with van der Waals surface area (Å²) < 4.78 is 78.3. The second kappa shape index (κ2) is 7.68. The largest absolute Gasteiger partial charge is 0.453 e. The molecule has 158 valence electrons. The molecule has 14 heteroatoms. The van der Waals surface area contributed by atoms with Crippen LogP contribution < -0.4 is 5.32 Å². The van der Waals surface area contributed by atoms with Gasteiger partial charge in [0, 0.05) is 24.8 Å². The van der Waals surface area contributed by atoms with Crippen LogP contribution in [0.5, 0.6) is 0 Å². The van der Waals surface area contributed by atoms with Crippen LogP contribution in [0.4, 0.5) is 26.3 Å². The van der Waals surface area contributed by atoms with Crippen LogP contribution in [0.2, 0.25) is 0 Å². The highest BCUT2D eigenvalue weighted by Gasteiger charge is 2.38. The van der Waals surface area contributed by atoms with Crippen LogP contribution in [-0.4, -0.2) is 35.6 Å². The third-order valence-corrected chi connectivity index (χ3v) is 3.69. The Morgan fingerprint density at radius 2 is 1.73 bits per heavy atom. The summed E-state index contributed by atoms with van der Waals surface area (Å²) in [5, 5.41) is 5.62. The highest BCUT2D eigenvalue weighted by atomic mass is 19.4. The summed E-state index contributed by atoms with van der Waals surface area (Å²) in [4.78, 5) is 26.7. The Morgan fingerprint density at radius 1 is 1.07 bits per heavy atom. The summed E-state index contributed by atoms with van der Waals surface area (Å²) in [5.74, 6) is -3.11. The quantitative estimate of drug-likeness (QED) is 0.638. The number of hydrogen-bond acceptors (Lipinski definition) is 6. The number of amides is 1. The Hall–Kier alpha value is -3.58. The molecule has 8 nitrogen and oxygen atoms in total. The monoisotopic (exact) mass is 431 g/mol. The van der Waals surface area contributed by atoms with Crippen molar-refractivity contribution < 1.29 is 31.1 Å². The van der Waals surface area contributed by atoms with Gasteiger partial charge < -0.3 is 5.32 Å². The van der Waals surface area contributed by atoms with Crippen LogP contribution in [0.25, 0.3) is 5.95 Å². The number of aromatic nitrogens is 6. The Bertz CT molecular complexity index is 1050. The van der Waals surface area contributed by atoms with Crippen molar-refractivity contribution in [2.24, 2.45) is 0 Å². The standard InChI is InChI=1S/C16H11F6N7O/c1-8(26-12(30)9-5-10(7-23-6-9)15(17,18)19)11-27-13(16(20,21)22)28-29(11)14-24-3-2-4-25-14/h2-8H,1H3,(H,26,30)/t8-/m0/s1. The van der Waals surface area contributed by atoms with E-state index in [1.807, 2.05) is 0 Å². The predicted molar refractivity (Wildman–Crippen MR) is 87.1 cm³/mol. The van der Waals surface area contributed by atoms with Gasteiger partial charge in [0.05, 0.1) is 17.2 Å². The van der Waals surface area contributed by atoms with Crippen LogP contribution in [0.3, 0.4) is 0 Å². The number of nitrogens with zero attached hydrogens (tertiary/aromatic N) is 6. The second-order valence-corrected chi connectivity index (χ2v) is 5.91. The summed E-state index contributed by atoms with van der Waals surface area (Å²) in [7, 11) is 0. The zero-order chi connectivity index (χ0) is 22.1. The molecule has 0 radical (unpaired) electrons. The van der Waals surface area contributed by atoms with E-state index in [-0.39, 0.29) is 11.8 Å². The van der Waals surface area contributed by atoms with Gasteiger partial charge in [-0.1, -0.05) is 0 Å². The normalized spacial score (nSPS) is 13.2. The number of halogens is 6. The molecule has 3 heterocycles. The summed E-state index contributed by atoms with van der Waals surface area (Å²) >= 11 is 0. The van der Waals surface area contributed by atoms with Gasteiger partial charge in [0.25, 0.3) is 17.7 Å². The number of rotatable bonds is 4. The maximum Gasteiger partial charge on any atom is 0.453 e. The molecule has 0 aliphatic heterocycles. The van der Waals surface area contributed by atoms with E-state index in [0.717, 1.165) is 6.20 Å². The minimum absolute atomic E-state index is 0.239. The van der Waals surface area contributed by atoms with Crippen molar-refractivity contribution in [1.82, 2.24) is 35.0 Å². The summed E-state index contributed by atoms with van der Waals surface area (Å²) in [6, 6.07) is 0.803. The number of nitrogens with one attached hydrogen (secondary N) is 1. The van der Waals surface area contributed by atoms with Gasteiger partial charge in [-0.25, -0.2) is 15.0 Å². The number of alkyl halides is 6. The molecule has 30 heavy (non-hydrogen) atoms. The van der Waals surface area contributed by atoms with Crippen LogP contribution in [-0.2, 0) is 12.4 Å². The lowest BCUT2D eigenvalue weighted by Crippen LogP contribution is -2.29. The molecular formula is C16H11F6N7O. The van der Waals surface area contributed by atoms with Crippen molar-refractivity contribution in [2.45, 2.75) is 25.3 Å². The lowest BCUT2D eigenvalue weighted by molar-refractivity contribution is -0.145. The smallest absolute Gasteiger partial charge is 0.342 e. The lowest BCUT2D eigenvalue weighted by Gasteiger charge is -2.14. The molecule has 0 fully saturated rings. The van der Waals surface area contributed by atoms with E-state index < -0.39 is 41.3 Å².